The number of benzene rings is 1. The van der Waals surface area contributed by atoms with Crippen LogP contribution in [0.4, 0.5) is 0 Å². The molecule has 1 aromatic heterocycles. The summed E-state index contributed by atoms with van der Waals surface area (Å²) in [4.78, 5) is 18.1. The number of hydrogen-bond donors (Lipinski definition) is 1. The second-order valence-corrected chi connectivity index (χ2v) is 5.79. The quantitative estimate of drug-likeness (QED) is 0.758. The zero-order chi connectivity index (χ0) is 11.9. The summed E-state index contributed by atoms with van der Waals surface area (Å²) in [5.74, 6) is -0.0164. The van der Waals surface area contributed by atoms with Crippen LogP contribution >= 0.6 is 46.4 Å². The van der Waals surface area contributed by atoms with Crippen LogP contribution in [0.3, 0.4) is 0 Å². The van der Waals surface area contributed by atoms with Gasteiger partial charge in [-0.15, -0.1) is 0 Å². The zero-order valence-corrected chi connectivity index (χ0v) is 10.6. The van der Waals surface area contributed by atoms with Crippen molar-refractivity contribution in [2.75, 3.05) is 0 Å². The van der Waals surface area contributed by atoms with Crippen molar-refractivity contribution in [2.45, 2.75) is 3.79 Å². The van der Waals surface area contributed by atoms with E-state index in [1.54, 1.807) is 12.1 Å². The van der Waals surface area contributed by atoms with Crippen LogP contribution in [-0.4, -0.2) is 9.97 Å². The first-order chi connectivity index (χ1) is 7.38. The largest absolute Gasteiger partial charge is 0.306 e. The Morgan fingerprint density at radius 1 is 1.25 bits per heavy atom. The summed E-state index contributed by atoms with van der Waals surface area (Å²) in [5.41, 5.74) is 0.0308. The third-order valence-electron chi connectivity index (χ3n) is 1.94. The molecule has 3 nitrogen and oxygen atoms in total. The Hall–Kier alpha value is -0.480. The number of aromatic nitrogens is 2. The molecule has 2 aromatic rings. The molecule has 0 unspecified atom stereocenters. The van der Waals surface area contributed by atoms with Crippen molar-refractivity contribution in [3.8, 4) is 0 Å². The average molecular weight is 298 g/mol. The van der Waals surface area contributed by atoms with E-state index >= 15 is 0 Å². The molecule has 0 fully saturated rings. The average Bonchev–Trinajstić information content (AvgIpc) is 2.17. The first-order valence-corrected chi connectivity index (χ1v) is 5.66. The SMILES string of the molecule is O=c1[nH]c(C(Cl)(Cl)Cl)nc2ccc(Cl)cc12. The summed E-state index contributed by atoms with van der Waals surface area (Å²) in [6, 6.07) is 4.70. The van der Waals surface area contributed by atoms with Crippen molar-refractivity contribution >= 4 is 57.3 Å². The van der Waals surface area contributed by atoms with E-state index in [2.05, 4.69) is 9.97 Å². The molecule has 2 rings (SSSR count). The Morgan fingerprint density at radius 3 is 2.56 bits per heavy atom. The fourth-order valence-corrected chi connectivity index (χ4v) is 1.69. The van der Waals surface area contributed by atoms with Gasteiger partial charge in [0.15, 0.2) is 5.82 Å². The molecule has 0 radical (unpaired) electrons. The molecule has 84 valence electrons. The van der Waals surface area contributed by atoms with Gasteiger partial charge in [-0.05, 0) is 18.2 Å². The van der Waals surface area contributed by atoms with Crippen molar-refractivity contribution in [1.82, 2.24) is 9.97 Å². The summed E-state index contributed by atoms with van der Waals surface area (Å²) in [6.07, 6.45) is 0. The minimum atomic E-state index is -1.76. The lowest BCUT2D eigenvalue weighted by Gasteiger charge is -2.10. The number of aromatic amines is 1. The van der Waals surface area contributed by atoms with Gasteiger partial charge in [0.2, 0.25) is 3.79 Å². The molecule has 1 heterocycles. The molecule has 0 bridgehead atoms. The van der Waals surface area contributed by atoms with Crippen molar-refractivity contribution < 1.29 is 0 Å². The van der Waals surface area contributed by atoms with Crippen molar-refractivity contribution in [3.05, 3.63) is 39.4 Å². The summed E-state index contributed by atoms with van der Waals surface area (Å²) in [7, 11) is 0. The molecular formula is C9H4Cl4N2O. The van der Waals surface area contributed by atoms with Gasteiger partial charge >= 0.3 is 0 Å². The Morgan fingerprint density at radius 2 is 1.94 bits per heavy atom. The lowest BCUT2D eigenvalue weighted by Crippen LogP contribution is -2.17. The van der Waals surface area contributed by atoms with Gasteiger partial charge < -0.3 is 4.98 Å². The molecule has 0 saturated carbocycles. The monoisotopic (exact) mass is 296 g/mol. The molecule has 0 amide bonds. The summed E-state index contributed by atoms with van der Waals surface area (Å²) in [5, 5.41) is 0.798. The third kappa shape index (κ3) is 2.28. The van der Waals surface area contributed by atoms with E-state index in [0.717, 1.165) is 0 Å². The van der Waals surface area contributed by atoms with Gasteiger partial charge in [0.25, 0.3) is 5.56 Å². The second-order valence-electron chi connectivity index (χ2n) is 3.07. The number of nitrogens with one attached hydrogen (secondary N) is 1. The van der Waals surface area contributed by atoms with Gasteiger partial charge in [-0.3, -0.25) is 4.79 Å². The van der Waals surface area contributed by atoms with E-state index in [1.165, 1.54) is 6.07 Å². The van der Waals surface area contributed by atoms with Crippen LogP contribution in [0, 0.1) is 0 Å². The third-order valence-corrected chi connectivity index (χ3v) is 2.71. The number of halogens is 4. The predicted molar refractivity (Wildman–Crippen MR) is 66.6 cm³/mol. The van der Waals surface area contributed by atoms with Crippen LogP contribution in [0.1, 0.15) is 5.82 Å². The number of hydrogen-bond acceptors (Lipinski definition) is 2. The van der Waals surface area contributed by atoms with Crippen LogP contribution in [0.15, 0.2) is 23.0 Å². The van der Waals surface area contributed by atoms with Gasteiger partial charge in [0, 0.05) is 5.02 Å². The summed E-state index contributed by atoms with van der Waals surface area (Å²) >= 11 is 22.7. The highest BCUT2D eigenvalue weighted by atomic mass is 35.6. The lowest BCUT2D eigenvalue weighted by atomic mass is 10.2. The molecule has 0 aliphatic heterocycles. The first kappa shape index (κ1) is 12.0. The number of nitrogens with zero attached hydrogens (tertiary/aromatic N) is 1. The predicted octanol–water partition coefficient (Wildman–Crippen LogP) is 3.40. The Labute approximate surface area is 110 Å². The van der Waals surface area contributed by atoms with Crippen LogP contribution in [0.25, 0.3) is 10.9 Å². The smallest absolute Gasteiger partial charge is 0.258 e. The van der Waals surface area contributed by atoms with Crippen LogP contribution in [0.5, 0.6) is 0 Å². The maximum Gasteiger partial charge on any atom is 0.258 e. The van der Waals surface area contributed by atoms with Gasteiger partial charge in [-0.2, -0.15) is 0 Å². The van der Waals surface area contributed by atoms with Crippen molar-refractivity contribution in [1.29, 1.82) is 0 Å². The number of alkyl halides is 3. The van der Waals surface area contributed by atoms with E-state index in [-0.39, 0.29) is 5.82 Å². The maximum absolute atomic E-state index is 11.7. The highest BCUT2D eigenvalue weighted by Crippen LogP contribution is 2.35. The Kier molecular flexibility index (Phi) is 3.05. The number of H-pyrrole nitrogens is 1. The van der Waals surface area contributed by atoms with Crippen molar-refractivity contribution in [3.63, 3.8) is 0 Å². The van der Waals surface area contributed by atoms with E-state index < -0.39 is 9.35 Å². The van der Waals surface area contributed by atoms with Gasteiger partial charge in [-0.1, -0.05) is 46.4 Å². The maximum atomic E-state index is 11.7. The van der Waals surface area contributed by atoms with Gasteiger partial charge in [-0.25, -0.2) is 4.98 Å². The Bertz CT molecular complexity index is 602. The molecule has 0 spiro atoms. The molecule has 1 N–H and O–H groups in total. The zero-order valence-electron chi connectivity index (χ0n) is 7.60. The molecule has 0 aliphatic carbocycles. The molecule has 0 atom stereocenters. The van der Waals surface area contributed by atoms with Gasteiger partial charge in [0.1, 0.15) is 0 Å². The highest BCUT2D eigenvalue weighted by molar-refractivity contribution is 6.66. The van der Waals surface area contributed by atoms with Crippen LogP contribution in [-0.2, 0) is 3.79 Å². The van der Waals surface area contributed by atoms with E-state index in [1.807, 2.05) is 0 Å². The molecule has 7 heteroatoms. The van der Waals surface area contributed by atoms with Gasteiger partial charge in [0.05, 0.1) is 10.9 Å². The standard InChI is InChI=1S/C9H4Cl4N2O/c10-4-1-2-6-5(3-4)7(16)15-8(14-6)9(11,12)13/h1-3H,(H,14,15,16). The molecule has 1 aromatic carbocycles. The number of rotatable bonds is 0. The highest BCUT2D eigenvalue weighted by Gasteiger charge is 2.26. The van der Waals surface area contributed by atoms with E-state index in [9.17, 15) is 4.79 Å². The van der Waals surface area contributed by atoms with E-state index in [0.29, 0.717) is 15.9 Å². The fourth-order valence-electron chi connectivity index (χ4n) is 1.25. The normalized spacial score (nSPS) is 12.0. The minimum absolute atomic E-state index is 0.0164. The molecule has 16 heavy (non-hydrogen) atoms. The van der Waals surface area contributed by atoms with Crippen LogP contribution in [0.2, 0.25) is 5.02 Å². The van der Waals surface area contributed by atoms with E-state index in [4.69, 9.17) is 46.4 Å². The number of fused-ring (bicyclic) bond motifs is 1. The first-order valence-electron chi connectivity index (χ1n) is 4.15. The summed E-state index contributed by atoms with van der Waals surface area (Å²) < 4.78 is -1.76. The molecule has 0 saturated heterocycles. The molecular weight excluding hydrogens is 294 g/mol. The molecule has 0 aliphatic rings. The summed E-state index contributed by atoms with van der Waals surface area (Å²) in [6.45, 7) is 0. The van der Waals surface area contributed by atoms with Crippen LogP contribution < -0.4 is 5.56 Å². The van der Waals surface area contributed by atoms with Crippen molar-refractivity contribution in [2.24, 2.45) is 0 Å². The lowest BCUT2D eigenvalue weighted by molar-refractivity contribution is 0.974. The fraction of sp³-hybridized carbons (Fsp3) is 0.111. The minimum Gasteiger partial charge on any atom is -0.306 e. The topological polar surface area (TPSA) is 45.8 Å². The second kappa shape index (κ2) is 4.08. The Balaban J connectivity index is 2.79.